The van der Waals surface area contributed by atoms with Crippen LogP contribution >= 0.6 is 0 Å². The Morgan fingerprint density at radius 2 is 2.12 bits per heavy atom. The quantitative estimate of drug-likeness (QED) is 0.731. The molecule has 0 aliphatic carbocycles. The lowest BCUT2D eigenvalue weighted by Crippen LogP contribution is -2.34. The summed E-state index contributed by atoms with van der Waals surface area (Å²) < 4.78 is 10.6. The van der Waals surface area contributed by atoms with E-state index < -0.39 is 5.91 Å². The van der Waals surface area contributed by atoms with E-state index in [9.17, 15) is 9.59 Å². The Morgan fingerprint density at radius 1 is 1.38 bits per heavy atom. The minimum absolute atomic E-state index is 0.00143. The maximum Gasteiger partial charge on any atom is 0.255 e. The number of ether oxygens (including phenoxy) is 2. The molecule has 0 spiro atoms. The van der Waals surface area contributed by atoms with Gasteiger partial charge >= 0.3 is 0 Å². The lowest BCUT2D eigenvalue weighted by atomic mass is 10.1. The van der Waals surface area contributed by atoms with Gasteiger partial charge in [-0.1, -0.05) is 12.1 Å². The molecule has 0 aromatic heterocycles. The number of nitrogens with zero attached hydrogens (tertiary/aromatic N) is 1. The van der Waals surface area contributed by atoms with E-state index in [0.29, 0.717) is 18.2 Å². The fraction of sp³-hybridized carbons (Fsp3) is 0.444. The molecular weight excluding hydrogens is 308 g/mol. The molecule has 1 fully saturated rings. The van der Waals surface area contributed by atoms with E-state index in [0.717, 1.165) is 31.7 Å². The van der Waals surface area contributed by atoms with E-state index in [4.69, 9.17) is 15.2 Å². The van der Waals surface area contributed by atoms with Gasteiger partial charge in [0.05, 0.1) is 6.61 Å². The van der Waals surface area contributed by atoms with Gasteiger partial charge in [0.2, 0.25) is 5.91 Å². The van der Waals surface area contributed by atoms with E-state index in [1.54, 1.807) is 24.3 Å². The third-order valence-corrected chi connectivity index (χ3v) is 3.88. The summed E-state index contributed by atoms with van der Waals surface area (Å²) in [5.74, 6) is 0.480. The highest BCUT2D eigenvalue weighted by molar-refractivity contribution is 5.91. The summed E-state index contributed by atoms with van der Waals surface area (Å²) in [5, 5.41) is 0. The van der Waals surface area contributed by atoms with Crippen LogP contribution in [0.3, 0.4) is 0 Å². The SMILES string of the molecule is CCN(C[C@@H]1CCOC1)C(=O)/C=C\c1ccc(OCC(N)=O)cc1. The number of carbonyl (C=O) groups is 2. The number of primary amides is 1. The number of likely N-dealkylation sites (N-methyl/N-ethyl adjacent to an activating group) is 1. The van der Waals surface area contributed by atoms with Crippen LogP contribution in [0.4, 0.5) is 0 Å². The molecule has 6 nitrogen and oxygen atoms in total. The van der Waals surface area contributed by atoms with Crippen molar-refractivity contribution in [2.45, 2.75) is 13.3 Å². The first kappa shape index (κ1) is 18.0. The second-order valence-corrected chi connectivity index (χ2v) is 5.76. The third-order valence-electron chi connectivity index (χ3n) is 3.88. The molecule has 1 heterocycles. The van der Waals surface area contributed by atoms with E-state index in [1.807, 2.05) is 24.0 Å². The monoisotopic (exact) mass is 332 g/mol. The van der Waals surface area contributed by atoms with Gasteiger partial charge < -0.3 is 20.1 Å². The fourth-order valence-electron chi connectivity index (χ4n) is 2.52. The Morgan fingerprint density at radius 3 is 2.71 bits per heavy atom. The van der Waals surface area contributed by atoms with Crippen molar-refractivity contribution in [2.24, 2.45) is 11.7 Å². The van der Waals surface area contributed by atoms with E-state index in [-0.39, 0.29) is 12.5 Å². The first-order valence-corrected chi connectivity index (χ1v) is 8.14. The summed E-state index contributed by atoms with van der Waals surface area (Å²) in [6.45, 7) is 4.77. The number of hydrogen-bond acceptors (Lipinski definition) is 4. The van der Waals surface area contributed by atoms with E-state index >= 15 is 0 Å². The average molecular weight is 332 g/mol. The smallest absolute Gasteiger partial charge is 0.255 e. The highest BCUT2D eigenvalue weighted by atomic mass is 16.5. The first-order chi connectivity index (χ1) is 11.6. The van der Waals surface area contributed by atoms with Crippen molar-refractivity contribution in [3.63, 3.8) is 0 Å². The predicted molar refractivity (Wildman–Crippen MR) is 91.3 cm³/mol. The predicted octanol–water partition coefficient (Wildman–Crippen LogP) is 1.45. The molecule has 0 bridgehead atoms. The summed E-state index contributed by atoms with van der Waals surface area (Å²) in [6, 6.07) is 7.11. The van der Waals surface area contributed by atoms with Crippen LogP contribution in [-0.2, 0) is 14.3 Å². The van der Waals surface area contributed by atoms with Crippen LogP contribution in [0.15, 0.2) is 30.3 Å². The molecule has 6 heteroatoms. The van der Waals surface area contributed by atoms with Crippen molar-refractivity contribution in [3.05, 3.63) is 35.9 Å². The fourth-order valence-corrected chi connectivity index (χ4v) is 2.52. The number of benzene rings is 1. The first-order valence-electron chi connectivity index (χ1n) is 8.14. The number of hydrogen-bond donors (Lipinski definition) is 1. The molecule has 1 atom stereocenters. The molecule has 0 unspecified atom stereocenters. The van der Waals surface area contributed by atoms with Gasteiger partial charge in [-0.05, 0) is 37.1 Å². The third kappa shape index (κ3) is 5.70. The van der Waals surface area contributed by atoms with Crippen LogP contribution < -0.4 is 10.5 Å². The van der Waals surface area contributed by atoms with Gasteiger partial charge in [0, 0.05) is 31.7 Å². The largest absolute Gasteiger partial charge is 0.484 e. The molecule has 0 radical (unpaired) electrons. The van der Waals surface area contributed by atoms with Crippen molar-refractivity contribution >= 4 is 17.9 Å². The summed E-state index contributed by atoms with van der Waals surface area (Å²) in [7, 11) is 0. The van der Waals surface area contributed by atoms with Crippen LogP contribution in [0, 0.1) is 5.92 Å². The molecule has 0 saturated carbocycles. The van der Waals surface area contributed by atoms with Crippen molar-refractivity contribution in [3.8, 4) is 5.75 Å². The zero-order valence-corrected chi connectivity index (χ0v) is 13.9. The molecule has 24 heavy (non-hydrogen) atoms. The highest BCUT2D eigenvalue weighted by Crippen LogP contribution is 2.15. The zero-order valence-electron chi connectivity index (χ0n) is 13.9. The molecule has 2 rings (SSSR count). The van der Waals surface area contributed by atoms with Crippen LogP contribution in [0.5, 0.6) is 5.75 Å². The number of rotatable bonds is 8. The molecule has 1 aliphatic heterocycles. The Labute approximate surface area is 142 Å². The van der Waals surface area contributed by atoms with Gasteiger partial charge in [-0.3, -0.25) is 9.59 Å². The Bertz CT molecular complexity index is 577. The van der Waals surface area contributed by atoms with Crippen molar-refractivity contribution in [1.82, 2.24) is 4.90 Å². The van der Waals surface area contributed by atoms with Crippen LogP contribution in [-0.4, -0.2) is 49.6 Å². The Hall–Kier alpha value is -2.34. The van der Waals surface area contributed by atoms with E-state index in [1.165, 1.54) is 0 Å². The molecule has 130 valence electrons. The van der Waals surface area contributed by atoms with Crippen molar-refractivity contribution < 1.29 is 19.1 Å². The molecule has 1 aliphatic rings. The van der Waals surface area contributed by atoms with Gasteiger partial charge in [0.25, 0.3) is 5.91 Å². The minimum Gasteiger partial charge on any atom is -0.484 e. The topological polar surface area (TPSA) is 81.9 Å². The normalized spacial score (nSPS) is 17.1. The summed E-state index contributed by atoms with van der Waals surface area (Å²) in [4.78, 5) is 24.8. The maximum absolute atomic E-state index is 12.3. The zero-order chi connectivity index (χ0) is 17.4. The number of nitrogens with two attached hydrogens (primary N) is 1. The minimum atomic E-state index is -0.517. The van der Waals surface area contributed by atoms with Crippen LogP contribution in [0.25, 0.3) is 6.08 Å². The van der Waals surface area contributed by atoms with Gasteiger partial charge in [-0.15, -0.1) is 0 Å². The van der Waals surface area contributed by atoms with Crippen molar-refractivity contribution in [2.75, 3.05) is 32.9 Å². The average Bonchev–Trinajstić information content (AvgIpc) is 3.09. The van der Waals surface area contributed by atoms with E-state index in [2.05, 4.69) is 0 Å². The molecule has 1 aromatic carbocycles. The summed E-state index contributed by atoms with van der Waals surface area (Å²) >= 11 is 0. The lowest BCUT2D eigenvalue weighted by Gasteiger charge is -2.22. The van der Waals surface area contributed by atoms with Crippen LogP contribution in [0.1, 0.15) is 18.9 Å². The van der Waals surface area contributed by atoms with Crippen molar-refractivity contribution in [1.29, 1.82) is 0 Å². The van der Waals surface area contributed by atoms with Crippen LogP contribution in [0.2, 0.25) is 0 Å². The summed E-state index contributed by atoms with van der Waals surface area (Å²) in [5.41, 5.74) is 5.91. The van der Waals surface area contributed by atoms with Gasteiger partial charge in [0.15, 0.2) is 6.61 Å². The maximum atomic E-state index is 12.3. The number of amides is 2. The molecular formula is C18H24N2O4. The molecule has 2 N–H and O–H groups in total. The summed E-state index contributed by atoms with van der Waals surface area (Å²) in [6.07, 6.45) is 4.37. The molecule has 2 amide bonds. The Kier molecular flexibility index (Phi) is 6.81. The lowest BCUT2D eigenvalue weighted by molar-refractivity contribution is -0.126. The molecule has 1 saturated heterocycles. The van der Waals surface area contributed by atoms with Gasteiger partial charge in [0.1, 0.15) is 5.75 Å². The standard InChI is InChI=1S/C18H24N2O4/c1-2-20(11-15-9-10-23-12-15)18(22)8-5-14-3-6-16(7-4-14)24-13-17(19)21/h3-8,15H,2,9-13H2,1H3,(H2,19,21)/b8-5-/t15-/m0/s1. The molecule has 1 aromatic rings. The number of carbonyl (C=O) groups excluding carboxylic acids is 2. The second-order valence-electron chi connectivity index (χ2n) is 5.76. The second kappa shape index (κ2) is 9.08. The Balaban J connectivity index is 1.88. The van der Waals surface area contributed by atoms with Gasteiger partial charge in [-0.25, -0.2) is 0 Å². The highest BCUT2D eigenvalue weighted by Gasteiger charge is 2.20. The van der Waals surface area contributed by atoms with Gasteiger partial charge in [-0.2, -0.15) is 0 Å².